The van der Waals surface area contributed by atoms with Crippen LogP contribution in [0.4, 0.5) is 5.69 Å². The molecule has 0 saturated carbocycles. The average Bonchev–Trinajstić information content (AvgIpc) is 2.93. The van der Waals surface area contributed by atoms with Gasteiger partial charge in [-0.25, -0.2) is 13.8 Å². The molecule has 0 bridgehead atoms. The van der Waals surface area contributed by atoms with Crippen LogP contribution in [-0.2, 0) is 14.8 Å². The van der Waals surface area contributed by atoms with Crippen molar-refractivity contribution in [2.45, 2.75) is 64.2 Å². The van der Waals surface area contributed by atoms with Crippen LogP contribution >= 0.6 is 0 Å². The van der Waals surface area contributed by atoms with E-state index in [0.717, 1.165) is 33.2 Å². The average molecular weight is 550 g/mol. The minimum absolute atomic E-state index is 0.111. The second kappa shape index (κ2) is 15.1. The van der Waals surface area contributed by atoms with E-state index in [0.29, 0.717) is 12.3 Å². The molecule has 0 heterocycles. The minimum atomic E-state index is -3.98. The number of hydrogen-bond acceptors (Lipinski definition) is 5. The Bertz CT molecular complexity index is 1320. The fourth-order valence-corrected chi connectivity index (χ4v) is 5.68. The molecule has 7 nitrogen and oxygen atoms in total. The lowest BCUT2D eigenvalue weighted by Crippen LogP contribution is -2.40. The number of carbonyl (C=O) groups excluding carboxylic acids is 1. The van der Waals surface area contributed by atoms with Crippen LogP contribution in [0, 0.1) is 13.8 Å². The zero-order valence-corrected chi connectivity index (χ0v) is 23.9. The van der Waals surface area contributed by atoms with E-state index in [4.69, 9.17) is 4.74 Å². The monoisotopic (exact) mass is 549 g/mol. The number of sulfonamides is 1. The van der Waals surface area contributed by atoms with Crippen LogP contribution in [-0.4, -0.2) is 33.7 Å². The van der Waals surface area contributed by atoms with Crippen molar-refractivity contribution in [2.24, 2.45) is 5.10 Å². The van der Waals surface area contributed by atoms with Crippen molar-refractivity contribution in [1.82, 2.24) is 5.43 Å². The van der Waals surface area contributed by atoms with Crippen LogP contribution in [0.2, 0.25) is 0 Å². The first kappa shape index (κ1) is 29.9. The number of carbonyl (C=O) groups is 1. The van der Waals surface area contributed by atoms with E-state index in [1.165, 1.54) is 50.5 Å². The lowest BCUT2D eigenvalue weighted by molar-refractivity contribution is -0.119. The predicted molar refractivity (Wildman–Crippen MR) is 158 cm³/mol. The molecule has 0 unspecified atom stereocenters. The summed E-state index contributed by atoms with van der Waals surface area (Å²) in [6, 6.07) is 21.0. The minimum Gasteiger partial charge on any atom is -0.494 e. The number of nitrogens with one attached hydrogen (secondary N) is 1. The van der Waals surface area contributed by atoms with E-state index in [9.17, 15) is 13.2 Å². The molecule has 0 aliphatic heterocycles. The Labute approximate surface area is 233 Å². The summed E-state index contributed by atoms with van der Waals surface area (Å²) in [6.07, 6.45) is 8.81. The van der Waals surface area contributed by atoms with Crippen molar-refractivity contribution in [2.75, 3.05) is 17.5 Å². The fraction of sp³-hybridized carbons (Fsp3) is 0.355. The Morgan fingerprint density at radius 2 is 1.62 bits per heavy atom. The van der Waals surface area contributed by atoms with E-state index < -0.39 is 22.5 Å². The number of benzene rings is 3. The summed E-state index contributed by atoms with van der Waals surface area (Å²) in [7, 11) is -3.98. The van der Waals surface area contributed by atoms with E-state index in [-0.39, 0.29) is 4.90 Å². The first-order valence-corrected chi connectivity index (χ1v) is 14.9. The number of unbranched alkanes of at least 4 members (excludes halogenated alkanes) is 5. The number of aryl methyl sites for hydroxylation is 2. The molecule has 3 aromatic carbocycles. The van der Waals surface area contributed by atoms with Gasteiger partial charge in [-0.2, -0.15) is 5.10 Å². The van der Waals surface area contributed by atoms with E-state index in [1.54, 1.807) is 24.3 Å². The highest BCUT2D eigenvalue weighted by Crippen LogP contribution is 2.27. The molecule has 0 radical (unpaired) electrons. The highest BCUT2D eigenvalue weighted by atomic mass is 32.2. The Morgan fingerprint density at radius 1 is 0.923 bits per heavy atom. The van der Waals surface area contributed by atoms with Gasteiger partial charge in [0.15, 0.2) is 0 Å². The molecule has 1 N–H and O–H groups in total. The standard InChI is InChI=1S/C31H39N3O4S/c1-4-5-6-7-8-12-21-38-28-18-16-27(17-19-28)23-32-33-31(35)24-34(30-20-15-25(2)22-26(30)3)39(36,37)29-13-10-9-11-14-29/h9-11,13-20,22-23H,4-8,12,21,24H2,1-3H3,(H,33,35). The molecule has 0 spiro atoms. The summed E-state index contributed by atoms with van der Waals surface area (Å²) in [5.74, 6) is 0.240. The van der Waals surface area contributed by atoms with Gasteiger partial charge >= 0.3 is 0 Å². The summed E-state index contributed by atoms with van der Waals surface area (Å²) < 4.78 is 33.9. The van der Waals surface area contributed by atoms with Crippen LogP contribution in [0.5, 0.6) is 5.75 Å². The predicted octanol–water partition coefficient (Wildman–Crippen LogP) is 6.39. The van der Waals surface area contributed by atoms with Gasteiger partial charge in [0, 0.05) is 0 Å². The number of rotatable bonds is 15. The number of amides is 1. The summed E-state index contributed by atoms with van der Waals surface area (Å²) in [6.45, 7) is 6.25. The molecular weight excluding hydrogens is 510 g/mol. The Balaban J connectivity index is 1.59. The molecule has 3 aromatic rings. The smallest absolute Gasteiger partial charge is 0.264 e. The quantitative estimate of drug-likeness (QED) is 0.135. The summed E-state index contributed by atoms with van der Waals surface area (Å²) >= 11 is 0. The van der Waals surface area contributed by atoms with Crippen LogP contribution in [0.3, 0.4) is 0 Å². The van der Waals surface area contributed by atoms with Gasteiger partial charge in [-0.15, -0.1) is 0 Å². The molecule has 3 rings (SSSR count). The number of hydrazone groups is 1. The van der Waals surface area contributed by atoms with E-state index in [1.807, 2.05) is 50.2 Å². The SMILES string of the molecule is CCCCCCCCOc1ccc(C=NNC(=O)CN(c2ccc(C)cc2C)S(=O)(=O)c2ccccc2)cc1. The van der Waals surface area contributed by atoms with Crippen molar-refractivity contribution in [3.63, 3.8) is 0 Å². The topological polar surface area (TPSA) is 88.1 Å². The molecule has 8 heteroatoms. The third-order valence-corrected chi connectivity index (χ3v) is 8.06. The molecule has 0 saturated heterocycles. The first-order chi connectivity index (χ1) is 18.8. The van der Waals surface area contributed by atoms with Gasteiger partial charge in [0.05, 0.1) is 23.4 Å². The van der Waals surface area contributed by atoms with Crippen molar-refractivity contribution >= 4 is 27.8 Å². The van der Waals surface area contributed by atoms with Crippen molar-refractivity contribution in [1.29, 1.82) is 0 Å². The van der Waals surface area contributed by atoms with Gasteiger partial charge in [-0.1, -0.05) is 74.9 Å². The van der Waals surface area contributed by atoms with Crippen LogP contribution in [0.15, 0.2) is 82.8 Å². The molecule has 208 valence electrons. The molecule has 0 aromatic heterocycles. The van der Waals surface area contributed by atoms with Crippen LogP contribution in [0.25, 0.3) is 0 Å². The first-order valence-electron chi connectivity index (χ1n) is 13.5. The molecule has 0 fully saturated rings. The molecule has 1 amide bonds. The summed E-state index contributed by atoms with van der Waals surface area (Å²) in [5.41, 5.74) is 5.44. The maximum absolute atomic E-state index is 13.5. The highest BCUT2D eigenvalue weighted by Gasteiger charge is 2.28. The van der Waals surface area contributed by atoms with E-state index >= 15 is 0 Å². The lowest BCUT2D eigenvalue weighted by Gasteiger charge is -2.25. The van der Waals surface area contributed by atoms with Gasteiger partial charge in [0.1, 0.15) is 12.3 Å². The fourth-order valence-electron chi connectivity index (χ4n) is 4.17. The third-order valence-electron chi connectivity index (χ3n) is 6.29. The number of hydrogen-bond donors (Lipinski definition) is 1. The lowest BCUT2D eigenvalue weighted by atomic mass is 10.1. The van der Waals surface area contributed by atoms with Gasteiger partial charge in [0.25, 0.3) is 15.9 Å². The zero-order valence-electron chi connectivity index (χ0n) is 23.1. The highest BCUT2D eigenvalue weighted by molar-refractivity contribution is 7.92. The van der Waals surface area contributed by atoms with Gasteiger partial charge in [-0.3, -0.25) is 9.10 Å². The van der Waals surface area contributed by atoms with Gasteiger partial charge < -0.3 is 4.74 Å². The Hall–Kier alpha value is -3.65. The second-order valence-corrected chi connectivity index (χ2v) is 11.5. The maximum atomic E-state index is 13.5. The van der Waals surface area contributed by atoms with Gasteiger partial charge in [-0.05, 0) is 73.9 Å². The van der Waals surface area contributed by atoms with Crippen molar-refractivity contribution in [3.05, 3.63) is 89.5 Å². The van der Waals surface area contributed by atoms with Gasteiger partial charge in [0.2, 0.25) is 0 Å². The normalized spacial score (nSPS) is 11.5. The molecule has 0 aliphatic carbocycles. The zero-order chi connectivity index (χ0) is 28.1. The van der Waals surface area contributed by atoms with Crippen LogP contribution in [0.1, 0.15) is 62.1 Å². The molecule has 39 heavy (non-hydrogen) atoms. The number of ether oxygens (including phenoxy) is 1. The molecule has 0 aliphatic rings. The third kappa shape index (κ3) is 9.25. The Morgan fingerprint density at radius 3 is 2.31 bits per heavy atom. The second-order valence-electron chi connectivity index (χ2n) is 9.59. The summed E-state index contributed by atoms with van der Waals surface area (Å²) in [4.78, 5) is 12.9. The summed E-state index contributed by atoms with van der Waals surface area (Å²) in [5, 5.41) is 4.03. The maximum Gasteiger partial charge on any atom is 0.264 e. The molecule has 0 atom stereocenters. The van der Waals surface area contributed by atoms with Crippen molar-refractivity contribution in [3.8, 4) is 5.75 Å². The largest absolute Gasteiger partial charge is 0.494 e. The number of anilines is 1. The number of nitrogens with zero attached hydrogens (tertiary/aromatic N) is 2. The van der Waals surface area contributed by atoms with Crippen LogP contribution < -0.4 is 14.5 Å². The van der Waals surface area contributed by atoms with E-state index in [2.05, 4.69) is 17.5 Å². The van der Waals surface area contributed by atoms with Crippen molar-refractivity contribution < 1.29 is 17.9 Å². The molecular formula is C31H39N3O4S. The Kier molecular flexibility index (Phi) is 11.6.